The van der Waals surface area contributed by atoms with Crippen LogP contribution in [0.1, 0.15) is 31.2 Å². The van der Waals surface area contributed by atoms with Gasteiger partial charge in [0.05, 0.1) is 0 Å². The zero-order valence-corrected chi connectivity index (χ0v) is 13.4. The molecule has 4 heteroatoms. The van der Waals surface area contributed by atoms with Gasteiger partial charge in [-0.05, 0) is 55.4 Å². The molecule has 2 aliphatic rings. The van der Waals surface area contributed by atoms with Crippen LogP contribution in [-0.2, 0) is 6.54 Å². The second kappa shape index (κ2) is 6.46. The zero-order chi connectivity index (χ0) is 13.9. The van der Waals surface area contributed by atoms with Crippen molar-refractivity contribution in [1.29, 1.82) is 0 Å². The molecular formula is C16H23BrN2O. The SMILES string of the molecule is OCCC1CCN(c2ccc(Br)cc2CNC2CC2)C1. The quantitative estimate of drug-likeness (QED) is 0.837. The number of aliphatic hydroxyl groups excluding tert-OH is 1. The van der Waals surface area contributed by atoms with Crippen LogP contribution in [0.25, 0.3) is 0 Å². The van der Waals surface area contributed by atoms with Crippen molar-refractivity contribution in [1.82, 2.24) is 5.32 Å². The van der Waals surface area contributed by atoms with Gasteiger partial charge in [-0.2, -0.15) is 0 Å². The van der Waals surface area contributed by atoms with Gasteiger partial charge in [0.15, 0.2) is 0 Å². The van der Waals surface area contributed by atoms with Crippen LogP contribution >= 0.6 is 15.9 Å². The number of halogens is 1. The summed E-state index contributed by atoms with van der Waals surface area (Å²) in [6.45, 7) is 3.47. The van der Waals surface area contributed by atoms with Crippen LogP contribution in [0.15, 0.2) is 22.7 Å². The van der Waals surface area contributed by atoms with E-state index in [1.54, 1.807) is 0 Å². The molecular weight excluding hydrogens is 316 g/mol. The highest BCUT2D eigenvalue weighted by Gasteiger charge is 2.25. The first-order valence-electron chi connectivity index (χ1n) is 7.64. The van der Waals surface area contributed by atoms with Crippen LogP contribution in [0.3, 0.4) is 0 Å². The molecule has 3 rings (SSSR count). The maximum atomic E-state index is 9.09. The highest BCUT2D eigenvalue weighted by Crippen LogP contribution is 2.31. The summed E-state index contributed by atoms with van der Waals surface area (Å²) >= 11 is 3.58. The van der Waals surface area contributed by atoms with E-state index in [9.17, 15) is 0 Å². The van der Waals surface area contributed by atoms with Crippen molar-refractivity contribution < 1.29 is 5.11 Å². The molecule has 2 fully saturated rings. The average Bonchev–Trinajstić information content (AvgIpc) is 3.16. The van der Waals surface area contributed by atoms with Gasteiger partial charge in [0.2, 0.25) is 0 Å². The summed E-state index contributed by atoms with van der Waals surface area (Å²) in [6.07, 6.45) is 4.78. The third-order valence-electron chi connectivity index (χ3n) is 4.36. The van der Waals surface area contributed by atoms with Crippen LogP contribution in [0.2, 0.25) is 0 Å². The second-order valence-corrected chi connectivity index (χ2v) is 6.96. The molecule has 1 unspecified atom stereocenters. The molecule has 1 saturated heterocycles. The normalized spacial score (nSPS) is 22.5. The Morgan fingerprint density at radius 2 is 2.15 bits per heavy atom. The molecule has 1 heterocycles. The van der Waals surface area contributed by atoms with Crippen LogP contribution in [0, 0.1) is 5.92 Å². The lowest BCUT2D eigenvalue weighted by Crippen LogP contribution is -2.23. The van der Waals surface area contributed by atoms with E-state index in [1.807, 2.05) is 0 Å². The van der Waals surface area contributed by atoms with Gasteiger partial charge in [0, 0.05) is 42.4 Å². The van der Waals surface area contributed by atoms with Crippen LogP contribution < -0.4 is 10.2 Å². The summed E-state index contributed by atoms with van der Waals surface area (Å²) in [6, 6.07) is 7.34. The summed E-state index contributed by atoms with van der Waals surface area (Å²) in [5, 5.41) is 12.7. The van der Waals surface area contributed by atoms with E-state index in [0.29, 0.717) is 12.5 Å². The topological polar surface area (TPSA) is 35.5 Å². The molecule has 1 saturated carbocycles. The van der Waals surface area contributed by atoms with Gasteiger partial charge in [-0.25, -0.2) is 0 Å². The van der Waals surface area contributed by atoms with Gasteiger partial charge in [-0.1, -0.05) is 15.9 Å². The fourth-order valence-electron chi connectivity index (χ4n) is 3.02. The number of rotatable bonds is 6. The van der Waals surface area contributed by atoms with Gasteiger partial charge < -0.3 is 15.3 Å². The van der Waals surface area contributed by atoms with E-state index in [4.69, 9.17) is 5.11 Å². The number of anilines is 1. The molecule has 0 radical (unpaired) electrons. The Morgan fingerprint density at radius 1 is 1.30 bits per heavy atom. The smallest absolute Gasteiger partial charge is 0.0434 e. The number of aliphatic hydroxyl groups is 1. The summed E-state index contributed by atoms with van der Waals surface area (Å²) in [7, 11) is 0. The molecule has 1 aromatic carbocycles. The van der Waals surface area contributed by atoms with Crippen molar-refractivity contribution in [2.24, 2.45) is 5.92 Å². The summed E-state index contributed by atoms with van der Waals surface area (Å²) in [4.78, 5) is 2.48. The van der Waals surface area contributed by atoms with Crippen LogP contribution in [-0.4, -0.2) is 30.8 Å². The van der Waals surface area contributed by atoms with Gasteiger partial charge in [-0.15, -0.1) is 0 Å². The fraction of sp³-hybridized carbons (Fsp3) is 0.625. The summed E-state index contributed by atoms with van der Waals surface area (Å²) in [5.41, 5.74) is 2.75. The van der Waals surface area contributed by atoms with E-state index in [2.05, 4.69) is 44.3 Å². The van der Waals surface area contributed by atoms with E-state index in [0.717, 1.165) is 36.6 Å². The van der Waals surface area contributed by atoms with Gasteiger partial charge in [-0.3, -0.25) is 0 Å². The lowest BCUT2D eigenvalue weighted by molar-refractivity contribution is 0.263. The Morgan fingerprint density at radius 3 is 2.90 bits per heavy atom. The maximum absolute atomic E-state index is 9.09. The van der Waals surface area contributed by atoms with Crippen molar-refractivity contribution in [2.45, 2.75) is 38.3 Å². The van der Waals surface area contributed by atoms with Crippen molar-refractivity contribution >= 4 is 21.6 Å². The first-order valence-corrected chi connectivity index (χ1v) is 8.43. The number of benzene rings is 1. The Kier molecular flexibility index (Phi) is 4.64. The molecule has 0 bridgehead atoms. The first kappa shape index (κ1) is 14.4. The Hall–Kier alpha value is -0.580. The lowest BCUT2D eigenvalue weighted by Gasteiger charge is -2.23. The largest absolute Gasteiger partial charge is 0.396 e. The third-order valence-corrected chi connectivity index (χ3v) is 4.86. The summed E-state index contributed by atoms with van der Waals surface area (Å²) < 4.78 is 1.15. The molecule has 20 heavy (non-hydrogen) atoms. The number of hydrogen-bond acceptors (Lipinski definition) is 3. The minimum atomic E-state index is 0.314. The van der Waals surface area contributed by atoms with E-state index in [1.165, 1.54) is 30.5 Å². The molecule has 1 aliphatic heterocycles. The summed E-state index contributed by atoms with van der Waals surface area (Å²) in [5.74, 6) is 0.646. The van der Waals surface area contributed by atoms with Crippen LogP contribution in [0.4, 0.5) is 5.69 Å². The Labute approximate surface area is 129 Å². The molecule has 0 amide bonds. The third kappa shape index (κ3) is 3.54. The molecule has 0 aromatic heterocycles. The highest BCUT2D eigenvalue weighted by molar-refractivity contribution is 9.10. The van der Waals surface area contributed by atoms with Crippen molar-refractivity contribution in [3.8, 4) is 0 Å². The predicted octanol–water partition coefficient (Wildman–Crippen LogP) is 2.91. The monoisotopic (exact) mass is 338 g/mol. The van der Waals surface area contributed by atoms with E-state index >= 15 is 0 Å². The molecule has 1 aromatic rings. The maximum Gasteiger partial charge on any atom is 0.0434 e. The Balaban J connectivity index is 1.70. The van der Waals surface area contributed by atoms with Crippen LogP contribution in [0.5, 0.6) is 0 Å². The molecule has 3 nitrogen and oxygen atoms in total. The van der Waals surface area contributed by atoms with E-state index < -0.39 is 0 Å². The average molecular weight is 339 g/mol. The zero-order valence-electron chi connectivity index (χ0n) is 11.8. The standard InChI is InChI=1S/C16H23BrN2O/c17-14-1-4-16(13(9-14)10-18-15-2-3-15)19-7-5-12(11-19)6-8-20/h1,4,9,12,15,18,20H,2-3,5-8,10-11H2. The van der Waals surface area contributed by atoms with Gasteiger partial charge >= 0.3 is 0 Å². The first-order chi connectivity index (χ1) is 9.76. The van der Waals surface area contributed by atoms with Gasteiger partial charge in [0.1, 0.15) is 0 Å². The molecule has 0 spiro atoms. The highest BCUT2D eigenvalue weighted by atomic mass is 79.9. The van der Waals surface area contributed by atoms with E-state index in [-0.39, 0.29) is 0 Å². The predicted molar refractivity (Wildman–Crippen MR) is 86.0 cm³/mol. The number of hydrogen-bond donors (Lipinski definition) is 2. The van der Waals surface area contributed by atoms with Crippen molar-refractivity contribution in [2.75, 3.05) is 24.6 Å². The molecule has 1 aliphatic carbocycles. The number of nitrogens with one attached hydrogen (secondary N) is 1. The van der Waals surface area contributed by atoms with Gasteiger partial charge in [0.25, 0.3) is 0 Å². The molecule has 2 N–H and O–H groups in total. The fourth-order valence-corrected chi connectivity index (χ4v) is 3.42. The molecule has 1 atom stereocenters. The second-order valence-electron chi connectivity index (χ2n) is 6.04. The van der Waals surface area contributed by atoms with Crippen molar-refractivity contribution in [3.05, 3.63) is 28.2 Å². The lowest BCUT2D eigenvalue weighted by atomic mass is 10.1. The minimum Gasteiger partial charge on any atom is -0.396 e. The Bertz CT molecular complexity index is 462. The number of nitrogens with zero attached hydrogens (tertiary/aromatic N) is 1. The molecule has 110 valence electrons. The minimum absolute atomic E-state index is 0.314. The van der Waals surface area contributed by atoms with Crippen molar-refractivity contribution in [3.63, 3.8) is 0 Å².